The topological polar surface area (TPSA) is 59.5 Å². The minimum absolute atomic E-state index is 0.0611. The Bertz CT molecular complexity index is 327. The number of likely N-dealkylation sites (tertiary alicyclic amines) is 1. The maximum Gasteiger partial charge on any atom is 0.257 e. The Morgan fingerprint density at radius 3 is 2.79 bits per heavy atom. The van der Waals surface area contributed by atoms with Crippen LogP contribution >= 0.6 is 0 Å². The molecule has 1 aromatic heterocycles. The molecule has 4 heteroatoms. The molecule has 0 bridgehead atoms. The molecule has 1 aliphatic rings. The van der Waals surface area contributed by atoms with E-state index < -0.39 is 0 Å². The molecule has 76 valence electrons. The molecular formula is C10H14N2O2. The highest BCUT2D eigenvalue weighted by molar-refractivity contribution is 5.94. The number of carbonyl (C=O) groups excluding carboxylic acids is 1. The van der Waals surface area contributed by atoms with Crippen LogP contribution < -0.4 is 5.73 Å². The lowest BCUT2D eigenvalue weighted by Crippen LogP contribution is -2.27. The van der Waals surface area contributed by atoms with E-state index in [9.17, 15) is 4.79 Å². The second kappa shape index (κ2) is 3.84. The third kappa shape index (κ3) is 1.65. The summed E-state index contributed by atoms with van der Waals surface area (Å²) in [6.07, 6.45) is 3.70. The minimum Gasteiger partial charge on any atom is -0.467 e. The van der Waals surface area contributed by atoms with Crippen molar-refractivity contribution in [2.75, 3.05) is 13.1 Å². The maximum atomic E-state index is 11.8. The van der Waals surface area contributed by atoms with Crippen molar-refractivity contribution in [3.8, 4) is 0 Å². The number of rotatable bonds is 2. The Morgan fingerprint density at radius 1 is 1.50 bits per heavy atom. The highest BCUT2D eigenvalue weighted by atomic mass is 16.3. The molecule has 1 amide bonds. The van der Waals surface area contributed by atoms with Gasteiger partial charge in [-0.1, -0.05) is 0 Å². The first-order valence-electron chi connectivity index (χ1n) is 4.88. The summed E-state index contributed by atoms with van der Waals surface area (Å²) in [6, 6.07) is 1.72. The van der Waals surface area contributed by atoms with Crippen molar-refractivity contribution in [3.05, 3.63) is 23.7 Å². The maximum absolute atomic E-state index is 11.8. The molecule has 0 aliphatic carbocycles. The van der Waals surface area contributed by atoms with Crippen molar-refractivity contribution in [2.24, 2.45) is 5.73 Å². The van der Waals surface area contributed by atoms with Gasteiger partial charge in [-0.3, -0.25) is 4.79 Å². The Hall–Kier alpha value is -1.29. The predicted molar refractivity (Wildman–Crippen MR) is 51.7 cm³/mol. The molecule has 0 atom stereocenters. The normalized spacial score (nSPS) is 16.2. The van der Waals surface area contributed by atoms with Crippen molar-refractivity contribution < 1.29 is 9.21 Å². The molecular weight excluding hydrogens is 180 g/mol. The van der Waals surface area contributed by atoms with E-state index in [4.69, 9.17) is 10.2 Å². The van der Waals surface area contributed by atoms with Gasteiger partial charge < -0.3 is 15.1 Å². The highest BCUT2D eigenvalue weighted by Gasteiger charge is 2.20. The Kier molecular flexibility index (Phi) is 2.54. The minimum atomic E-state index is 0.0611. The van der Waals surface area contributed by atoms with Crippen LogP contribution in [0.5, 0.6) is 0 Å². The first-order valence-corrected chi connectivity index (χ1v) is 4.88. The first kappa shape index (κ1) is 9.27. The second-order valence-electron chi connectivity index (χ2n) is 3.51. The number of hydrogen-bond acceptors (Lipinski definition) is 3. The van der Waals surface area contributed by atoms with Gasteiger partial charge in [-0.2, -0.15) is 0 Å². The lowest BCUT2D eigenvalue weighted by molar-refractivity contribution is 0.0792. The summed E-state index contributed by atoms with van der Waals surface area (Å²) >= 11 is 0. The number of hydrogen-bond donors (Lipinski definition) is 1. The third-order valence-corrected chi connectivity index (χ3v) is 2.50. The van der Waals surface area contributed by atoms with Gasteiger partial charge in [-0.15, -0.1) is 0 Å². The average molecular weight is 194 g/mol. The highest BCUT2D eigenvalue weighted by Crippen LogP contribution is 2.14. The Labute approximate surface area is 82.7 Å². The summed E-state index contributed by atoms with van der Waals surface area (Å²) in [6.45, 7) is 2.07. The van der Waals surface area contributed by atoms with Gasteiger partial charge in [-0.05, 0) is 18.9 Å². The fraction of sp³-hybridized carbons (Fsp3) is 0.500. The van der Waals surface area contributed by atoms with E-state index in [-0.39, 0.29) is 5.91 Å². The molecule has 1 fully saturated rings. The van der Waals surface area contributed by atoms with E-state index >= 15 is 0 Å². The zero-order valence-corrected chi connectivity index (χ0v) is 8.03. The molecule has 0 aromatic carbocycles. The molecule has 0 spiro atoms. The quantitative estimate of drug-likeness (QED) is 0.763. The van der Waals surface area contributed by atoms with Gasteiger partial charge in [-0.25, -0.2) is 0 Å². The lowest BCUT2D eigenvalue weighted by Gasteiger charge is -2.12. The van der Waals surface area contributed by atoms with E-state index in [0.717, 1.165) is 25.9 Å². The number of carbonyl (C=O) groups is 1. The molecule has 0 unspecified atom stereocenters. The molecule has 1 aliphatic heterocycles. The second-order valence-corrected chi connectivity index (χ2v) is 3.51. The molecule has 4 nitrogen and oxygen atoms in total. The van der Waals surface area contributed by atoms with Gasteiger partial charge in [0.15, 0.2) is 0 Å². The molecule has 2 N–H and O–H groups in total. The lowest BCUT2D eigenvalue weighted by atomic mass is 10.3. The SMILES string of the molecule is NCc1cc(C(=O)N2CCCC2)co1. The van der Waals surface area contributed by atoms with Gasteiger partial charge >= 0.3 is 0 Å². The predicted octanol–water partition coefficient (Wildman–Crippen LogP) is 0.974. The van der Waals surface area contributed by atoms with E-state index in [1.54, 1.807) is 6.07 Å². The summed E-state index contributed by atoms with van der Waals surface area (Å²) in [5.41, 5.74) is 6.02. The van der Waals surface area contributed by atoms with Gasteiger partial charge in [0.25, 0.3) is 5.91 Å². The van der Waals surface area contributed by atoms with Gasteiger partial charge in [0.05, 0.1) is 12.1 Å². The summed E-state index contributed by atoms with van der Waals surface area (Å²) in [4.78, 5) is 13.7. The van der Waals surface area contributed by atoms with E-state index in [2.05, 4.69) is 0 Å². The summed E-state index contributed by atoms with van der Waals surface area (Å²) in [5.74, 6) is 0.721. The van der Waals surface area contributed by atoms with Crippen molar-refractivity contribution in [1.82, 2.24) is 4.90 Å². The monoisotopic (exact) mass is 194 g/mol. The van der Waals surface area contributed by atoms with E-state index in [0.29, 0.717) is 17.9 Å². The molecule has 1 aromatic rings. The molecule has 0 saturated carbocycles. The van der Waals surface area contributed by atoms with Gasteiger partial charge in [0.1, 0.15) is 12.0 Å². The number of furan rings is 1. The largest absolute Gasteiger partial charge is 0.467 e. The smallest absolute Gasteiger partial charge is 0.257 e. The van der Waals surface area contributed by atoms with Crippen LogP contribution in [0.25, 0.3) is 0 Å². The van der Waals surface area contributed by atoms with Crippen molar-refractivity contribution in [2.45, 2.75) is 19.4 Å². The number of amides is 1. The standard InChI is InChI=1S/C10H14N2O2/c11-6-9-5-8(7-14-9)10(13)12-3-1-2-4-12/h5,7H,1-4,6,11H2. The number of nitrogens with two attached hydrogens (primary N) is 1. The summed E-state index contributed by atoms with van der Waals surface area (Å²) in [5, 5.41) is 0. The van der Waals surface area contributed by atoms with Crippen molar-refractivity contribution >= 4 is 5.91 Å². The molecule has 1 saturated heterocycles. The van der Waals surface area contributed by atoms with Crippen LogP contribution in [-0.4, -0.2) is 23.9 Å². The summed E-state index contributed by atoms with van der Waals surface area (Å²) < 4.78 is 5.12. The Balaban J connectivity index is 2.09. The van der Waals surface area contributed by atoms with Crippen LogP contribution in [0.2, 0.25) is 0 Å². The molecule has 2 rings (SSSR count). The molecule has 2 heterocycles. The Morgan fingerprint density at radius 2 is 2.21 bits per heavy atom. The summed E-state index contributed by atoms with van der Waals surface area (Å²) in [7, 11) is 0. The fourth-order valence-corrected chi connectivity index (χ4v) is 1.70. The molecule has 0 radical (unpaired) electrons. The van der Waals surface area contributed by atoms with Crippen LogP contribution in [0.3, 0.4) is 0 Å². The zero-order chi connectivity index (χ0) is 9.97. The van der Waals surface area contributed by atoms with Crippen LogP contribution in [0, 0.1) is 0 Å². The first-order chi connectivity index (χ1) is 6.81. The van der Waals surface area contributed by atoms with Crippen LogP contribution in [0.4, 0.5) is 0 Å². The zero-order valence-electron chi connectivity index (χ0n) is 8.03. The fourth-order valence-electron chi connectivity index (χ4n) is 1.70. The van der Waals surface area contributed by atoms with Crippen LogP contribution in [0.15, 0.2) is 16.7 Å². The van der Waals surface area contributed by atoms with Crippen LogP contribution in [-0.2, 0) is 6.54 Å². The van der Waals surface area contributed by atoms with Gasteiger partial charge in [0.2, 0.25) is 0 Å². The van der Waals surface area contributed by atoms with E-state index in [1.165, 1.54) is 6.26 Å². The average Bonchev–Trinajstić information content (AvgIpc) is 2.88. The van der Waals surface area contributed by atoms with Gasteiger partial charge in [0, 0.05) is 13.1 Å². The third-order valence-electron chi connectivity index (χ3n) is 2.50. The molecule has 14 heavy (non-hydrogen) atoms. The van der Waals surface area contributed by atoms with Crippen molar-refractivity contribution in [1.29, 1.82) is 0 Å². The van der Waals surface area contributed by atoms with Crippen molar-refractivity contribution in [3.63, 3.8) is 0 Å². The van der Waals surface area contributed by atoms with Crippen LogP contribution in [0.1, 0.15) is 29.0 Å². The van der Waals surface area contributed by atoms with E-state index in [1.807, 2.05) is 4.90 Å². The number of nitrogens with zero attached hydrogens (tertiary/aromatic N) is 1.